The second kappa shape index (κ2) is 7.70. The summed E-state index contributed by atoms with van der Waals surface area (Å²) in [5, 5.41) is 9.08. The smallest absolute Gasteiger partial charge is 0.341 e. The van der Waals surface area contributed by atoms with Crippen LogP contribution in [0.2, 0.25) is 5.02 Å². The molecule has 0 bridgehead atoms. The van der Waals surface area contributed by atoms with Gasteiger partial charge in [0.1, 0.15) is 5.60 Å². The molecule has 1 aliphatic carbocycles. The Labute approximate surface area is 150 Å². The van der Waals surface area contributed by atoms with Gasteiger partial charge in [0.2, 0.25) is 0 Å². The van der Waals surface area contributed by atoms with Crippen molar-refractivity contribution in [1.29, 1.82) is 0 Å². The molecule has 0 unspecified atom stereocenters. The van der Waals surface area contributed by atoms with Gasteiger partial charge in [0, 0.05) is 10.6 Å². The molecule has 0 aromatic heterocycles. The minimum atomic E-state index is -1.28. The quantitative estimate of drug-likeness (QED) is 0.589. The molecule has 0 heterocycles. The summed E-state index contributed by atoms with van der Waals surface area (Å²) in [6.45, 7) is 4.56. The second-order valence-corrected chi connectivity index (χ2v) is 6.44. The summed E-state index contributed by atoms with van der Waals surface area (Å²) in [5.74, 6) is -2.83. The molecule has 134 valence electrons. The summed E-state index contributed by atoms with van der Waals surface area (Å²) in [5.41, 5.74) is 0.866. The summed E-state index contributed by atoms with van der Waals surface area (Å²) in [6, 6.07) is 5.54. The number of carboxylic acid groups (broad SMARTS) is 1. The molecule has 1 saturated carbocycles. The van der Waals surface area contributed by atoms with Crippen LogP contribution in [0, 0.1) is 6.92 Å². The van der Waals surface area contributed by atoms with Crippen molar-refractivity contribution in [2.75, 3.05) is 6.61 Å². The van der Waals surface area contributed by atoms with Crippen molar-refractivity contribution in [3.63, 3.8) is 0 Å². The van der Waals surface area contributed by atoms with E-state index < -0.39 is 30.1 Å². The molecule has 0 spiro atoms. The molecule has 7 heteroatoms. The van der Waals surface area contributed by atoms with Gasteiger partial charge in [-0.05, 0) is 43.4 Å². The average molecular weight is 367 g/mol. The van der Waals surface area contributed by atoms with Gasteiger partial charge in [-0.1, -0.05) is 30.3 Å². The molecule has 2 rings (SSSR count). The molecule has 1 aromatic carbocycles. The first-order valence-electron chi connectivity index (χ1n) is 7.79. The Hall–Kier alpha value is -2.34. The molecule has 1 N–H and O–H groups in total. The van der Waals surface area contributed by atoms with Crippen molar-refractivity contribution in [3.05, 3.63) is 46.5 Å². The van der Waals surface area contributed by atoms with Gasteiger partial charge in [-0.3, -0.25) is 4.79 Å². The first-order chi connectivity index (χ1) is 11.7. The summed E-state index contributed by atoms with van der Waals surface area (Å²) in [7, 11) is 0. The zero-order valence-electron chi connectivity index (χ0n) is 13.8. The maximum atomic E-state index is 12.2. The lowest BCUT2D eigenvalue weighted by atomic mass is 9.74. The Bertz CT molecular complexity index is 720. The van der Waals surface area contributed by atoms with E-state index in [4.69, 9.17) is 21.4 Å². The molecule has 0 amide bonds. The molecule has 1 fully saturated rings. The van der Waals surface area contributed by atoms with Crippen molar-refractivity contribution in [3.8, 4) is 0 Å². The van der Waals surface area contributed by atoms with Crippen LogP contribution in [0.15, 0.2) is 30.4 Å². The van der Waals surface area contributed by atoms with Crippen LogP contribution in [0.3, 0.4) is 0 Å². The second-order valence-electron chi connectivity index (χ2n) is 6.04. The maximum Gasteiger partial charge on any atom is 0.341 e. The van der Waals surface area contributed by atoms with Gasteiger partial charge >= 0.3 is 17.9 Å². The highest BCUT2D eigenvalue weighted by atomic mass is 35.5. The predicted octanol–water partition coefficient (Wildman–Crippen LogP) is 3.14. The normalized spacial score (nSPS) is 15.0. The number of benzene rings is 1. The molecule has 0 aliphatic heterocycles. The van der Waals surface area contributed by atoms with Gasteiger partial charge in [-0.15, -0.1) is 0 Å². The minimum absolute atomic E-state index is 0.150. The van der Waals surface area contributed by atoms with Gasteiger partial charge in [-0.25, -0.2) is 9.59 Å². The lowest BCUT2D eigenvalue weighted by molar-refractivity contribution is -0.171. The molecule has 1 aromatic rings. The minimum Gasteiger partial charge on any atom is -0.479 e. The number of carbonyl (C=O) groups excluding carboxylic acids is 2. The van der Waals surface area contributed by atoms with E-state index in [1.165, 1.54) is 0 Å². The summed E-state index contributed by atoms with van der Waals surface area (Å²) >= 11 is 6.16. The van der Waals surface area contributed by atoms with Crippen molar-refractivity contribution in [2.45, 2.75) is 38.2 Å². The number of ether oxygens (including phenoxy) is 2. The van der Waals surface area contributed by atoms with Crippen molar-refractivity contribution >= 4 is 29.5 Å². The lowest BCUT2D eigenvalue weighted by Crippen LogP contribution is -2.39. The van der Waals surface area contributed by atoms with Crippen molar-refractivity contribution in [1.82, 2.24) is 0 Å². The number of halogens is 1. The van der Waals surface area contributed by atoms with E-state index in [0.29, 0.717) is 17.9 Å². The number of carboxylic acids is 1. The van der Waals surface area contributed by atoms with E-state index in [0.717, 1.165) is 17.5 Å². The first kappa shape index (κ1) is 19.0. The number of hydrogen-bond donors (Lipinski definition) is 1. The van der Waals surface area contributed by atoms with Gasteiger partial charge in [0.15, 0.2) is 6.61 Å². The molecule has 0 radical (unpaired) electrons. The third-order valence-corrected chi connectivity index (χ3v) is 4.55. The first-order valence-corrected chi connectivity index (χ1v) is 8.16. The topological polar surface area (TPSA) is 89.9 Å². The number of aryl methyl sites for hydroxylation is 1. The summed E-state index contributed by atoms with van der Waals surface area (Å²) in [4.78, 5) is 34.1. The number of esters is 2. The monoisotopic (exact) mass is 366 g/mol. The predicted molar refractivity (Wildman–Crippen MR) is 90.2 cm³/mol. The van der Waals surface area contributed by atoms with Crippen LogP contribution in [0.1, 0.15) is 36.8 Å². The average Bonchev–Trinajstić information content (AvgIpc) is 2.51. The van der Waals surface area contributed by atoms with Crippen LogP contribution in [0.25, 0.3) is 0 Å². The number of rotatable bonds is 7. The Morgan fingerprint density at radius 2 is 2.00 bits per heavy atom. The molecule has 1 aliphatic rings. The van der Waals surface area contributed by atoms with Gasteiger partial charge < -0.3 is 14.6 Å². The molecule has 25 heavy (non-hydrogen) atoms. The number of hydrogen-bond acceptors (Lipinski definition) is 5. The Kier molecular flexibility index (Phi) is 5.85. The fraction of sp³-hybridized carbons (Fsp3) is 0.389. The maximum absolute atomic E-state index is 12.2. The van der Waals surface area contributed by atoms with E-state index in [-0.39, 0.29) is 12.0 Å². The largest absolute Gasteiger partial charge is 0.479 e. The van der Waals surface area contributed by atoms with Crippen LogP contribution >= 0.6 is 11.6 Å². The Morgan fingerprint density at radius 3 is 2.52 bits per heavy atom. The van der Waals surface area contributed by atoms with Crippen LogP contribution in [0.5, 0.6) is 0 Å². The van der Waals surface area contributed by atoms with Gasteiger partial charge in [0.25, 0.3) is 0 Å². The highest BCUT2D eigenvalue weighted by Crippen LogP contribution is 2.46. The molecular formula is C18H19ClO6. The van der Waals surface area contributed by atoms with E-state index in [1.807, 2.05) is 19.1 Å². The Morgan fingerprint density at radius 1 is 1.32 bits per heavy atom. The summed E-state index contributed by atoms with van der Waals surface area (Å²) in [6.07, 6.45) is 1.91. The van der Waals surface area contributed by atoms with Crippen molar-refractivity contribution < 1.29 is 29.0 Å². The van der Waals surface area contributed by atoms with Crippen LogP contribution in [0.4, 0.5) is 0 Å². The standard InChI is InChI=1S/C18H19ClO6/c1-11-4-5-13(9-14(11)19)18(6-3-7-18)25-16(22)8-12(2)17(23)24-10-15(20)21/h4-5,9H,2-3,6-8,10H2,1H3,(H,20,21). The zero-order chi connectivity index (χ0) is 18.6. The van der Waals surface area contributed by atoms with Crippen molar-refractivity contribution in [2.24, 2.45) is 0 Å². The fourth-order valence-electron chi connectivity index (χ4n) is 2.55. The van der Waals surface area contributed by atoms with E-state index in [9.17, 15) is 14.4 Å². The highest BCUT2D eigenvalue weighted by molar-refractivity contribution is 6.31. The zero-order valence-corrected chi connectivity index (χ0v) is 14.6. The van der Waals surface area contributed by atoms with E-state index >= 15 is 0 Å². The molecule has 0 saturated heterocycles. The van der Waals surface area contributed by atoms with Gasteiger partial charge in [-0.2, -0.15) is 0 Å². The third-order valence-electron chi connectivity index (χ3n) is 4.14. The fourth-order valence-corrected chi connectivity index (χ4v) is 2.73. The third kappa shape index (κ3) is 4.60. The lowest BCUT2D eigenvalue weighted by Gasteiger charge is -2.41. The SMILES string of the molecule is C=C(CC(=O)OC1(c2ccc(C)c(Cl)c2)CCC1)C(=O)OCC(=O)O. The van der Waals surface area contributed by atoms with Crippen LogP contribution in [-0.2, 0) is 29.5 Å². The molecular weight excluding hydrogens is 348 g/mol. The Balaban J connectivity index is 2.00. The highest BCUT2D eigenvalue weighted by Gasteiger charge is 2.43. The van der Waals surface area contributed by atoms with E-state index in [1.54, 1.807) is 6.07 Å². The van der Waals surface area contributed by atoms with E-state index in [2.05, 4.69) is 11.3 Å². The molecule has 6 nitrogen and oxygen atoms in total. The van der Waals surface area contributed by atoms with Crippen LogP contribution < -0.4 is 0 Å². The molecule has 0 atom stereocenters. The van der Waals surface area contributed by atoms with Gasteiger partial charge in [0.05, 0.1) is 6.42 Å². The van der Waals surface area contributed by atoms with Crippen LogP contribution in [-0.4, -0.2) is 29.6 Å². The number of carbonyl (C=O) groups is 3. The summed E-state index contributed by atoms with van der Waals surface area (Å²) < 4.78 is 10.1. The number of aliphatic carboxylic acids is 1.